The summed E-state index contributed by atoms with van der Waals surface area (Å²) < 4.78 is 10.4. The number of nitrogens with one attached hydrogen (secondary N) is 4. The lowest BCUT2D eigenvalue weighted by Gasteiger charge is -2.19. The molecule has 2 amide bonds. The number of benzene rings is 2. The van der Waals surface area contributed by atoms with Gasteiger partial charge in [-0.25, -0.2) is 9.59 Å². The molecule has 1 heterocycles. The van der Waals surface area contributed by atoms with Crippen molar-refractivity contribution in [3.05, 3.63) is 55.7 Å². The lowest BCUT2D eigenvalue weighted by Crippen LogP contribution is -2.34. The number of aromatic amines is 2. The number of H-pyrrole nitrogens is 2. The zero-order valence-electron chi connectivity index (χ0n) is 22.5. The van der Waals surface area contributed by atoms with E-state index in [2.05, 4.69) is 30.6 Å². The zero-order chi connectivity index (χ0) is 28.1. The maximum absolute atomic E-state index is 13.4. The molecule has 12 nitrogen and oxygen atoms in total. The Bertz CT molecular complexity index is 1460. The molecule has 0 atom stereocenters. The number of hydrogen-bond acceptors (Lipinski definition) is 8. The number of alkyl carbamates (subject to hydrolysis) is 2. The molecular weight excluding hydrogens is 492 g/mol. The van der Waals surface area contributed by atoms with Gasteiger partial charge in [0, 0.05) is 25.5 Å². The van der Waals surface area contributed by atoms with Gasteiger partial charge in [0.1, 0.15) is 22.2 Å². The maximum Gasteiger partial charge on any atom is 0.407 e. The number of rotatable bonds is 6. The Morgan fingerprint density at radius 1 is 0.737 bits per heavy atom. The smallest absolute Gasteiger partial charge is 0.407 e. The molecule has 4 N–H and O–H groups in total. The third kappa shape index (κ3) is 7.40. The molecule has 3 rings (SSSR count). The van der Waals surface area contributed by atoms with E-state index in [1.165, 1.54) is 12.4 Å². The van der Waals surface area contributed by atoms with Gasteiger partial charge in [-0.1, -0.05) is 0 Å². The summed E-state index contributed by atoms with van der Waals surface area (Å²) >= 11 is 0. The van der Waals surface area contributed by atoms with Crippen LogP contribution < -0.4 is 32.2 Å². The molecule has 38 heavy (non-hydrogen) atoms. The van der Waals surface area contributed by atoms with Crippen molar-refractivity contribution in [1.29, 1.82) is 0 Å². The summed E-state index contributed by atoms with van der Waals surface area (Å²) in [6.45, 7) is 11.2. The third-order valence-corrected chi connectivity index (χ3v) is 4.98. The number of amides is 2. The topological polar surface area (TPSA) is 167 Å². The molecule has 204 valence electrons. The first kappa shape index (κ1) is 28.4. The Labute approximate surface area is 218 Å². The van der Waals surface area contributed by atoms with Gasteiger partial charge in [-0.15, -0.1) is 0 Å². The summed E-state index contributed by atoms with van der Waals surface area (Å²) in [6, 6.07) is 3.21. The Kier molecular flexibility index (Phi) is 8.54. The summed E-state index contributed by atoms with van der Waals surface area (Å²) in [5.74, 6) is 0. The first-order chi connectivity index (χ1) is 17.8. The fourth-order valence-corrected chi connectivity index (χ4v) is 3.60. The third-order valence-electron chi connectivity index (χ3n) is 4.98. The van der Waals surface area contributed by atoms with Crippen molar-refractivity contribution in [2.24, 2.45) is 9.98 Å². The van der Waals surface area contributed by atoms with E-state index in [4.69, 9.17) is 9.47 Å². The fourth-order valence-electron chi connectivity index (χ4n) is 3.60. The van der Waals surface area contributed by atoms with E-state index >= 15 is 0 Å². The molecule has 0 aliphatic rings. The lowest BCUT2D eigenvalue weighted by atomic mass is 10.1. The monoisotopic (exact) mass is 526 g/mol. The minimum Gasteiger partial charge on any atom is -0.444 e. The molecule has 0 aliphatic carbocycles. The van der Waals surface area contributed by atoms with Crippen LogP contribution in [-0.2, 0) is 9.47 Å². The molecule has 0 radical (unpaired) electrons. The van der Waals surface area contributed by atoms with Crippen LogP contribution in [0.15, 0.2) is 44.1 Å². The number of carbonyl (C=O) groups excluding carboxylic acids is 2. The number of ether oxygens (including phenoxy) is 2. The van der Waals surface area contributed by atoms with Crippen LogP contribution in [0.5, 0.6) is 0 Å². The second-order valence-electron chi connectivity index (χ2n) is 10.5. The summed E-state index contributed by atoms with van der Waals surface area (Å²) in [5.41, 5.74) is -1.83. The van der Waals surface area contributed by atoms with E-state index < -0.39 is 34.2 Å². The van der Waals surface area contributed by atoms with Crippen LogP contribution in [0.4, 0.5) is 9.59 Å². The standard InChI is InChI=1S/C26H34N6O6/c1-25(2,3)37-23(35)31-13-9-27-15-7-8-16(28-10-14-32-24(36)38-26(4,5)6)18-17(15)21(33)19-20(22(18)34)30-12-11-29-19/h7-8,11-12,29-30H,9-10,13-14H2,1-6H3,(H,31,35)(H,32,36). The number of fused-ring (bicyclic) bond motifs is 2. The molecule has 0 fully saturated rings. The molecule has 0 saturated heterocycles. The minimum absolute atomic E-state index is 0.122. The first-order valence-corrected chi connectivity index (χ1v) is 12.2. The number of carbonyl (C=O) groups is 2. The van der Waals surface area contributed by atoms with Crippen molar-refractivity contribution in [2.45, 2.75) is 52.7 Å². The Balaban J connectivity index is 1.96. The van der Waals surface area contributed by atoms with Crippen molar-refractivity contribution in [2.75, 3.05) is 26.2 Å². The summed E-state index contributed by atoms with van der Waals surface area (Å²) in [4.78, 5) is 65.2. The van der Waals surface area contributed by atoms with E-state index in [0.717, 1.165) is 0 Å². The number of nitrogens with zero attached hydrogens (tertiary/aromatic N) is 2. The van der Waals surface area contributed by atoms with Crippen LogP contribution in [0.1, 0.15) is 41.5 Å². The van der Waals surface area contributed by atoms with Crippen LogP contribution in [0, 0.1) is 0 Å². The minimum atomic E-state index is -0.629. The second kappa shape index (κ2) is 11.4. The quantitative estimate of drug-likeness (QED) is 0.281. The molecule has 0 spiro atoms. The number of hydrogen-bond donors (Lipinski definition) is 4. The average molecular weight is 527 g/mol. The van der Waals surface area contributed by atoms with Crippen molar-refractivity contribution in [1.82, 2.24) is 20.6 Å². The maximum atomic E-state index is 13.4. The Hall–Kier alpha value is -4.22. The molecule has 0 aliphatic heterocycles. The normalized spacial score (nSPS) is 13.1. The van der Waals surface area contributed by atoms with Crippen molar-refractivity contribution >= 4 is 34.0 Å². The van der Waals surface area contributed by atoms with Gasteiger partial charge >= 0.3 is 12.2 Å². The summed E-state index contributed by atoms with van der Waals surface area (Å²) in [5, 5.41) is 6.08. The molecule has 3 aromatic rings. The highest BCUT2D eigenvalue weighted by molar-refractivity contribution is 5.93. The van der Waals surface area contributed by atoms with Crippen LogP contribution in [0.25, 0.3) is 21.8 Å². The molecule has 0 unspecified atom stereocenters. The van der Waals surface area contributed by atoms with Gasteiger partial charge in [-0.05, 0) is 53.7 Å². The van der Waals surface area contributed by atoms with E-state index in [0.29, 0.717) is 10.7 Å². The van der Waals surface area contributed by atoms with Gasteiger partial charge in [-0.3, -0.25) is 19.6 Å². The Morgan fingerprint density at radius 2 is 1.11 bits per heavy atom. The van der Waals surface area contributed by atoms with Crippen molar-refractivity contribution < 1.29 is 19.1 Å². The molecule has 2 aromatic carbocycles. The average Bonchev–Trinajstić information content (AvgIpc) is 2.81. The van der Waals surface area contributed by atoms with Gasteiger partial charge in [0.2, 0.25) is 10.9 Å². The predicted octanol–water partition coefficient (Wildman–Crippen LogP) is 1.66. The van der Waals surface area contributed by atoms with E-state index in [1.807, 2.05) is 0 Å². The lowest BCUT2D eigenvalue weighted by molar-refractivity contribution is 0.0518. The summed E-state index contributed by atoms with van der Waals surface area (Å²) in [6.07, 6.45) is 1.89. The molecule has 1 aromatic heterocycles. The van der Waals surface area contributed by atoms with Gasteiger partial charge in [-0.2, -0.15) is 0 Å². The largest absolute Gasteiger partial charge is 0.444 e. The molecule has 0 bridgehead atoms. The highest BCUT2D eigenvalue weighted by Gasteiger charge is 2.17. The second-order valence-corrected chi connectivity index (χ2v) is 10.5. The fraction of sp³-hybridized carbons (Fsp3) is 0.462. The molecule has 0 saturated carbocycles. The first-order valence-electron chi connectivity index (χ1n) is 12.2. The highest BCUT2D eigenvalue weighted by Crippen LogP contribution is 2.07. The zero-order valence-corrected chi connectivity index (χ0v) is 22.5. The van der Waals surface area contributed by atoms with Gasteiger partial charge < -0.3 is 30.1 Å². The number of aromatic nitrogens is 2. The SMILES string of the molecule is CC(C)(C)OC(=O)NCCN=c1ccc(=NCCNC(=O)OC(C)(C)C)c2c(=O)c3[nH]cc[nH]c3c(=O)c12. The van der Waals surface area contributed by atoms with E-state index in [1.54, 1.807) is 53.7 Å². The van der Waals surface area contributed by atoms with Crippen LogP contribution >= 0.6 is 0 Å². The van der Waals surface area contributed by atoms with Gasteiger partial charge in [0.05, 0.1) is 34.6 Å². The van der Waals surface area contributed by atoms with E-state index in [-0.39, 0.29) is 48.0 Å². The van der Waals surface area contributed by atoms with Gasteiger partial charge in [0.25, 0.3) is 0 Å². The molecular formula is C26H34N6O6. The highest BCUT2D eigenvalue weighted by atomic mass is 16.6. The van der Waals surface area contributed by atoms with Crippen LogP contribution in [-0.4, -0.2) is 59.5 Å². The van der Waals surface area contributed by atoms with Crippen LogP contribution in [0.2, 0.25) is 0 Å². The molecule has 12 heteroatoms. The van der Waals surface area contributed by atoms with Gasteiger partial charge in [0.15, 0.2) is 0 Å². The Morgan fingerprint density at radius 3 is 1.45 bits per heavy atom. The van der Waals surface area contributed by atoms with E-state index in [9.17, 15) is 19.2 Å². The van der Waals surface area contributed by atoms with Crippen molar-refractivity contribution in [3.63, 3.8) is 0 Å². The predicted molar refractivity (Wildman–Crippen MR) is 143 cm³/mol. The summed E-state index contributed by atoms with van der Waals surface area (Å²) in [7, 11) is 0. The van der Waals surface area contributed by atoms with Crippen LogP contribution in [0.3, 0.4) is 0 Å². The van der Waals surface area contributed by atoms with Crippen molar-refractivity contribution in [3.8, 4) is 0 Å².